The van der Waals surface area contributed by atoms with Crippen LogP contribution >= 0.6 is 11.6 Å². The van der Waals surface area contributed by atoms with Crippen molar-refractivity contribution in [1.29, 1.82) is 0 Å². The molecule has 1 amide bonds. The molecule has 0 aliphatic rings. The number of nitrogens with zero attached hydrogens (tertiary/aromatic N) is 1. The number of aryl methyl sites for hydroxylation is 1. The third kappa shape index (κ3) is 8.31. The first-order valence-corrected chi connectivity index (χ1v) is 8.66. The predicted octanol–water partition coefficient (Wildman–Crippen LogP) is 2.83. The van der Waals surface area contributed by atoms with E-state index < -0.39 is 6.10 Å². The number of esters is 1. The van der Waals surface area contributed by atoms with Gasteiger partial charge in [0, 0.05) is 24.5 Å². The maximum atomic E-state index is 12.3. The van der Waals surface area contributed by atoms with Crippen LogP contribution in [0.15, 0.2) is 24.3 Å². The molecule has 0 radical (unpaired) electrons. The molecular formula is C18H26ClNO4. The Bertz CT molecular complexity index is 516. The molecule has 1 rings (SSSR count). The SMILES string of the molecule is CCOC(=O)CCN(CC(C)O)C(=O)CCCc1ccc(Cl)cc1. The van der Waals surface area contributed by atoms with E-state index in [0.29, 0.717) is 24.5 Å². The molecule has 0 heterocycles. The molecule has 0 aliphatic carbocycles. The highest BCUT2D eigenvalue weighted by Gasteiger charge is 2.17. The number of rotatable bonds is 10. The Morgan fingerprint density at radius 3 is 2.50 bits per heavy atom. The molecule has 5 nitrogen and oxygen atoms in total. The lowest BCUT2D eigenvalue weighted by molar-refractivity contribution is -0.144. The minimum absolute atomic E-state index is 0.0610. The highest BCUT2D eigenvalue weighted by Crippen LogP contribution is 2.12. The van der Waals surface area contributed by atoms with Gasteiger partial charge in [-0.3, -0.25) is 9.59 Å². The molecule has 1 aromatic carbocycles. The van der Waals surface area contributed by atoms with Gasteiger partial charge in [0.1, 0.15) is 0 Å². The molecule has 6 heteroatoms. The first-order valence-electron chi connectivity index (χ1n) is 8.28. The van der Waals surface area contributed by atoms with Crippen molar-refractivity contribution < 1.29 is 19.4 Å². The van der Waals surface area contributed by atoms with Crippen LogP contribution in [0, 0.1) is 0 Å². The van der Waals surface area contributed by atoms with Crippen LogP contribution < -0.4 is 0 Å². The van der Waals surface area contributed by atoms with Gasteiger partial charge < -0.3 is 14.7 Å². The zero-order valence-electron chi connectivity index (χ0n) is 14.3. The number of halogens is 1. The molecule has 1 unspecified atom stereocenters. The molecule has 0 fully saturated rings. The smallest absolute Gasteiger partial charge is 0.307 e. The van der Waals surface area contributed by atoms with Crippen molar-refractivity contribution in [2.24, 2.45) is 0 Å². The number of benzene rings is 1. The molecule has 0 bridgehead atoms. The van der Waals surface area contributed by atoms with Gasteiger partial charge in [-0.2, -0.15) is 0 Å². The van der Waals surface area contributed by atoms with Gasteiger partial charge in [0.05, 0.1) is 19.1 Å². The lowest BCUT2D eigenvalue weighted by atomic mass is 10.1. The van der Waals surface area contributed by atoms with Crippen LogP contribution in [0.4, 0.5) is 0 Å². The second-order valence-electron chi connectivity index (χ2n) is 5.72. The number of hydrogen-bond acceptors (Lipinski definition) is 4. The maximum absolute atomic E-state index is 12.3. The van der Waals surface area contributed by atoms with Gasteiger partial charge in [-0.25, -0.2) is 0 Å². The summed E-state index contributed by atoms with van der Waals surface area (Å²) in [6.07, 6.45) is 1.37. The van der Waals surface area contributed by atoms with Gasteiger partial charge in [0.15, 0.2) is 0 Å². The average Bonchev–Trinajstić information content (AvgIpc) is 2.53. The lowest BCUT2D eigenvalue weighted by Crippen LogP contribution is -2.38. The molecule has 134 valence electrons. The van der Waals surface area contributed by atoms with Gasteiger partial charge in [-0.1, -0.05) is 23.7 Å². The lowest BCUT2D eigenvalue weighted by Gasteiger charge is -2.23. The van der Waals surface area contributed by atoms with Gasteiger partial charge >= 0.3 is 5.97 Å². The molecular weight excluding hydrogens is 330 g/mol. The van der Waals surface area contributed by atoms with Gasteiger partial charge in [0.25, 0.3) is 0 Å². The summed E-state index contributed by atoms with van der Waals surface area (Å²) >= 11 is 5.85. The first kappa shape index (κ1) is 20.5. The summed E-state index contributed by atoms with van der Waals surface area (Å²) < 4.78 is 4.88. The largest absolute Gasteiger partial charge is 0.466 e. The molecule has 1 atom stereocenters. The second-order valence-corrected chi connectivity index (χ2v) is 6.16. The van der Waals surface area contributed by atoms with Crippen molar-refractivity contribution in [3.8, 4) is 0 Å². The summed E-state index contributed by atoms with van der Waals surface area (Å²) in [6.45, 7) is 4.18. The van der Waals surface area contributed by atoms with Crippen LogP contribution in [0.2, 0.25) is 5.02 Å². The zero-order chi connectivity index (χ0) is 17.9. The first-order chi connectivity index (χ1) is 11.4. The summed E-state index contributed by atoms with van der Waals surface area (Å²) in [5.74, 6) is -0.392. The minimum Gasteiger partial charge on any atom is -0.466 e. The molecule has 1 aromatic rings. The number of carbonyl (C=O) groups excluding carboxylic acids is 2. The van der Waals surface area contributed by atoms with Crippen LogP contribution in [0.25, 0.3) is 0 Å². The number of amides is 1. The summed E-state index contributed by atoms with van der Waals surface area (Å²) in [5.41, 5.74) is 1.13. The molecule has 0 saturated carbocycles. The quantitative estimate of drug-likeness (QED) is 0.655. The monoisotopic (exact) mass is 355 g/mol. The van der Waals surface area contributed by atoms with Crippen molar-refractivity contribution in [3.05, 3.63) is 34.9 Å². The molecule has 24 heavy (non-hydrogen) atoms. The van der Waals surface area contributed by atoms with Crippen molar-refractivity contribution >= 4 is 23.5 Å². The van der Waals surface area contributed by atoms with E-state index in [0.717, 1.165) is 12.0 Å². The van der Waals surface area contributed by atoms with Crippen molar-refractivity contribution in [2.45, 2.75) is 45.6 Å². The number of aliphatic hydroxyl groups is 1. The van der Waals surface area contributed by atoms with E-state index in [2.05, 4.69) is 0 Å². The third-order valence-corrected chi connectivity index (χ3v) is 3.75. The maximum Gasteiger partial charge on any atom is 0.307 e. The van der Waals surface area contributed by atoms with Gasteiger partial charge in [-0.05, 0) is 44.4 Å². The Morgan fingerprint density at radius 2 is 1.92 bits per heavy atom. The fourth-order valence-electron chi connectivity index (χ4n) is 2.35. The topological polar surface area (TPSA) is 66.8 Å². The number of carbonyl (C=O) groups is 2. The highest BCUT2D eigenvalue weighted by atomic mass is 35.5. The van der Waals surface area contributed by atoms with E-state index in [4.69, 9.17) is 16.3 Å². The summed E-state index contributed by atoms with van der Waals surface area (Å²) in [5, 5.41) is 10.2. The van der Waals surface area contributed by atoms with Crippen LogP contribution in [-0.4, -0.2) is 47.7 Å². The third-order valence-electron chi connectivity index (χ3n) is 3.50. The molecule has 0 spiro atoms. The summed E-state index contributed by atoms with van der Waals surface area (Å²) in [6, 6.07) is 7.55. The minimum atomic E-state index is -0.632. The second kappa shape index (κ2) is 11.0. The number of ether oxygens (including phenoxy) is 1. The van der Waals surface area contributed by atoms with E-state index in [1.807, 2.05) is 24.3 Å². The Balaban J connectivity index is 2.45. The molecule has 0 saturated heterocycles. The Kier molecular flexibility index (Phi) is 9.42. The predicted molar refractivity (Wildman–Crippen MR) is 93.9 cm³/mol. The number of aliphatic hydroxyl groups excluding tert-OH is 1. The normalized spacial score (nSPS) is 11.8. The van der Waals surface area contributed by atoms with Crippen LogP contribution in [0.3, 0.4) is 0 Å². The molecule has 0 aromatic heterocycles. The summed E-state index contributed by atoms with van der Waals surface area (Å²) in [4.78, 5) is 25.3. The Morgan fingerprint density at radius 1 is 1.25 bits per heavy atom. The van der Waals surface area contributed by atoms with E-state index in [1.54, 1.807) is 13.8 Å². The Hall–Kier alpha value is -1.59. The van der Waals surface area contributed by atoms with E-state index in [9.17, 15) is 14.7 Å². The number of hydrogen-bond donors (Lipinski definition) is 1. The summed E-state index contributed by atoms with van der Waals surface area (Å²) in [7, 11) is 0. The van der Waals surface area contributed by atoms with E-state index >= 15 is 0 Å². The van der Waals surface area contributed by atoms with Crippen LogP contribution in [0.5, 0.6) is 0 Å². The van der Waals surface area contributed by atoms with Crippen molar-refractivity contribution in [3.63, 3.8) is 0 Å². The van der Waals surface area contributed by atoms with E-state index in [-0.39, 0.29) is 31.4 Å². The fraction of sp³-hybridized carbons (Fsp3) is 0.556. The highest BCUT2D eigenvalue weighted by molar-refractivity contribution is 6.30. The zero-order valence-corrected chi connectivity index (χ0v) is 15.1. The van der Waals surface area contributed by atoms with Crippen molar-refractivity contribution in [1.82, 2.24) is 4.90 Å². The van der Waals surface area contributed by atoms with E-state index in [1.165, 1.54) is 4.90 Å². The van der Waals surface area contributed by atoms with Gasteiger partial charge in [-0.15, -0.1) is 0 Å². The van der Waals surface area contributed by atoms with Crippen molar-refractivity contribution in [2.75, 3.05) is 19.7 Å². The van der Waals surface area contributed by atoms with Crippen LogP contribution in [-0.2, 0) is 20.7 Å². The Labute approximate surface area is 148 Å². The fourth-order valence-corrected chi connectivity index (χ4v) is 2.48. The molecule has 0 aliphatic heterocycles. The molecule has 1 N–H and O–H groups in total. The van der Waals surface area contributed by atoms with Crippen LogP contribution in [0.1, 0.15) is 38.7 Å². The van der Waals surface area contributed by atoms with Gasteiger partial charge in [0.2, 0.25) is 5.91 Å². The standard InChI is InChI=1S/C18H26ClNO4/c1-3-24-18(23)11-12-20(13-14(2)21)17(22)6-4-5-15-7-9-16(19)10-8-15/h7-10,14,21H,3-6,11-13H2,1-2H3. The average molecular weight is 356 g/mol.